The van der Waals surface area contributed by atoms with E-state index >= 15 is 0 Å². The number of phosphoric acid groups is 1. The molecule has 0 aromatic carbocycles. The molecule has 3 atom stereocenters. The van der Waals surface area contributed by atoms with Crippen molar-refractivity contribution in [3.05, 3.63) is 85.1 Å². The second-order valence-corrected chi connectivity index (χ2v) is 21.1. The van der Waals surface area contributed by atoms with E-state index in [9.17, 15) is 19.0 Å². The molecular formula is C59H105N2O7P. The molecule has 0 spiro atoms. The van der Waals surface area contributed by atoms with Crippen LogP contribution in [0.5, 0.6) is 0 Å². The average Bonchev–Trinajstić information content (AvgIpc) is 3.31. The highest BCUT2D eigenvalue weighted by Crippen LogP contribution is 2.38. The molecule has 10 heteroatoms. The molecular weight excluding hydrogens is 880 g/mol. The predicted molar refractivity (Wildman–Crippen MR) is 293 cm³/mol. The van der Waals surface area contributed by atoms with Crippen LogP contribution in [0, 0.1) is 0 Å². The molecule has 0 radical (unpaired) electrons. The van der Waals surface area contributed by atoms with Gasteiger partial charge in [0.15, 0.2) is 0 Å². The predicted octanol–water partition coefficient (Wildman–Crippen LogP) is 16.0. The van der Waals surface area contributed by atoms with E-state index in [2.05, 4.69) is 99.0 Å². The Balaban J connectivity index is 5.31. The van der Waals surface area contributed by atoms with E-state index in [4.69, 9.17) is 13.8 Å². The van der Waals surface area contributed by atoms with Crippen molar-refractivity contribution in [2.24, 2.45) is 0 Å². The molecule has 69 heavy (non-hydrogen) atoms. The Morgan fingerprint density at radius 2 is 0.942 bits per heavy atom. The zero-order chi connectivity index (χ0) is 50.8. The summed E-state index contributed by atoms with van der Waals surface area (Å²) in [5, 5.41) is 3.00. The van der Waals surface area contributed by atoms with E-state index in [0.717, 1.165) is 122 Å². The summed E-state index contributed by atoms with van der Waals surface area (Å²) in [5.41, 5.74) is 0. The van der Waals surface area contributed by atoms with Gasteiger partial charge in [0.05, 0.1) is 33.8 Å². The molecule has 398 valence electrons. The molecule has 0 rings (SSSR count). The molecule has 1 amide bonds. The first kappa shape index (κ1) is 66.2. The van der Waals surface area contributed by atoms with Gasteiger partial charge in [0.1, 0.15) is 19.3 Å². The van der Waals surface area contributed by atoms with Gasteiger partial charge in [-0.15, -0.1) is 0 Å². The lowest BCUT2D eigenvalue weighted by Crippen LogP contribution is -2.47. The van der Waals surface area contributed by atoms with Gasteiger partial charge in [0, 0.05) is 12.8 Å². The number of hydrogen-bond acceptors (Lipinski definition) is 7. The van der Waals surface area contributed by atoms with Crippen LogP contribution in [0.15, 0.2) is 85.1 Å². The number of nitrogens with one attached hydrogen (secondary N) is 1. The molecule has 0 saturated carbocycles. The van der Waals surface area contributed by atoms with Crippen molar-refractivity contribution in [2.75, 3.05) is 40.9 Å². The van der Waals surface area contributed by atoms with Crippen LogP contribution >= 0.6 is 7.82 Å². The van der Waals surface area contributed by atoms with Crippen molar-refractivity contribution < 1.29 is 37.3 Å². The summed E-state index contributed by atoms with van der Waals surface area (Å²) < 4.78 is 30.1. The number of amides is 1. The third kappa shape index (κ3) is 49.9. The standard InChI is InChI=1S/C59H105N2O7P/c1-7-10-13-16-19-22-25-26-27-28-29-30-31-32-33-34-37-39-42-45-48-51-58(62)60-56(55-67-69(64,65)66-54-53-61(4,5)6)57(50-47-44-41-38-35-23-20-17-14-11-8-2)68-59(63)52-49-46-43-40-36-24-21-18-15-12-9-3/h10,13,18-19,21-22,26-27,29-30,32-33,47,50,56-57H,7-9,11-12,14-17,20,23-25,28,31,34-46,48-49,51-55H2,1-6H3,(H-,60,62,64,65)/b13-10-,21-18-,22-19-,27-26-,30-29-,33-32-,50-47-. The lowest BCUT2D eigenvalue weighted by molar-refractivity contribution is -0.870. The molecule has 0 aliphatic carbocycles. The number of unbranched alkanes of at least 4 members (excludes halogenated alkanes) is 21. The number of likely N-dealkylation sites (N-methyl/N-ethyl adjacent to an activating group) is 1. The summed E-state index contributed by atoms with van der Waals surface area (Å²) >= 11 is 0. The minimum absolute atomic E-state index is 0.0314. The lowest BCUT2D eigenvalue weighted by atomic mass is 10.1. The second-order valence-electron chi connectivity index (χ2n) is 19.7. The number of ether oxygens (including phenoxy) is 1. The summed E-state index contributed by atoms with van der Waals surface area (Å²) in [7, 11) is 1.15. The van der Waals surface area contributed by atoms with Gasteiger partial charge in [-0.25, -0.2) is 0 Å². The second kappa shape index (κ2) is 48.8. The normalized spacial score (nSPS) is 14.5. The van der Waals surface area contributed by atoms with Crippen LogP contribution in [-0.4, -0.2) is 69.4 Å². The van der Waals surface area contributed by atoms with Gasteiger partial charge < -0.3 is 28.5 Å². The van der Waals surface area contributed by atoms with Crippen LogP contribution in [0.3, 0.4) is 0 Å². The van der Waals surface area contributed by atoms with Gasteiger partial charge in [-0.3, -0.25) is 14.2 Å². The number of rotatable bonds is 49. The van der Waals surface area contributed by atoms with Gasteiger partial charge in [0.25, 0.3) is 7.82 Å². The van der Waals surface area contributed by atoms with Gasteiger partial charge in [-0.1, -0.05) is 202 Å². The van der Waals surface area contributed by atoms with Gasteiger partial charge >= 0.3 is 5.97 Å². The fraction of sp³-hybridized carbons (Fsp3) is 0.729. The van der Waals surface area contributed by atoms with Gasteiger partial charge in [0.2, 0.25) is 5.91 Å². The fourth-order valence-electron chi connectivity index (χ4n) is 7.47. The Hall–Kier alpha value is -2.81. The maximum atomic E-state index is 13.5. The van der Waals surface area contributed by atoms with Crippen molar-refractivity contribution in [1.29, 1.82) is 0 Å². The van der Waals surface area contributed by atoms with E-state index < -0.39 is 26.6 Å². The third-order valence-electron chi connectivity index (χ3n) is 11.8. The minimum atomic E-state index is -4.70. The van der Waals surface area contributed by atoms with Gasteiger partial charge in [-0.2, -0.15) is 0 Å². The quantitative estimate of drug-likeness (QED) is 0.0212. The van der Waals surface area contributed by atoms with Crippen LogP contribution in [0.2, 0.25) is 0 Å². The molecule has 3 unspecified atom stereocenters. The van der Waals surface area contributed by atoms with Gasteiger partial charge in [-0.05, 0) is 96.0 Å². The Morgan fingerprint density at radius 1 is 0.522 bits per heavy atom. The van der Waals surface area contributed by atoms with Crippen molar-refractivity contribution in [3.8, 4) is 0 Å². The van der Waals surface area contributed by atoms with Crippen LogP contribution in [0.4, 0.5) is 0 Å². The molecule has 0 heterocycles. The Kier molecular flexibility index (Phi) is 46.8. The first-order valence-corrected chi connectivity index (χ1v) is 29.4. The molecule has 0 bridgehead atoms. The molecule has 0 aromatic heterocycles. The number of quaternary nitrogens is 1. The highest BCUT2D eigenvalue weighted by Gasteiger charge is 2.27. The number of phosphoric ester groups is 1. The van der Waals surface area contributed by atoms with Crippen LogP contribution in [-0.2, 0) is 27.9 Å². The number of carbonyl (C=O) groups is 2. The Morgan fingerprint density at radius 3 is 1.45 bits per heavy atom. The molecule has 0 aliphatic heterocycles. The maximum Gasteiger partial charge on any atom is 0.306 e. The lowest BCUT2D eigenvalue weighted by Gasteiger charge is -2.30. The summed E-state index contributed by atoms with van der Waals surface area (Å²) in [6, 6.07) is -0.904. The molecule has 9 nitrogen and oxygen atoms in total. The number of carbonyl (C=O) groups excluding carboxylic acids is 2. The SMILES string of the molecule is CC/C=C\C/C=C\C/C=C\C/C=C\C/C=C\CCCCCCCC(=O)NC(COP(=O)([O-])OCC[N+](C)(C)C)C(/C=C\CCCCCCCCCCC)OC(=O)CCCCCCC/C=C\CCCC. The van der Waals surface area contributed by atoms with E-state index in [-0.39, 0.29) is 31.3 Å². The first-order valence-electron chi connectivity index (χ1n) is 27.9. The molecule has 0 aliphatic rings. The maximum absolute atomic E-state index is 13.5. The Bertz CT molecular complexity index is 1460. The van der Waals surface area contributed by atoms with Crippen LogP contribution < -0.4 is 10.2 Å². The zero-order valence-electron chi connectivity index (χ0n) is 45.2. The van der Waals surface area contributed by atoms with E-state index in [1.54, 1.807) is 0 Å². The van der Waals surface area contributed by atoms with Crippen molar-refractivity contribution in [1.82, 2.24) is 5.32 Å². The zero-order valence-corrected chi connectivity index (χ0v) is 46.1. The third-order valence-corrected chi connectivity index (χ3v) is 12.8. The monoisotopic (exact) mass is 985 g/mol. The van der Waals surface area contributed by atoms with E-state index in [0.29, 0.717) is 23.9 Å². The number of esters is 1. The number of hydrogen-bond donors (Lipinski definition) is 1. The summed E-state index contributed by atoms with van der Waals surface area (Å²) in [5.74, 6) is -0.581. The van der Waals surface area contributed by atoms with Crippen LogP contribution in [0.25, 0.3) is 0 Å². The topological polar surface area (TPSA) is 114 Å². The molecule has 0 aromatic rings. The van der Waals surface area contributed by atoms with E-state index in [1.807, 2.05) is 33.3 Å². The smallest absolute Gasteiger partial charge is 0.306 e. The van der Waals surface area contributed by atoms with Crippen LogP contribution in [0.1, 0.15) is 226 Å². The molecule has 0 saturated heterocycles. The van der Waals surface area contributed by atoms with E-state index in [1.165, 1.54) is 57.8 Å². The highest BCUT2D eigenvalue weighted by molar-refractivity contribution is 7.45. The number of allylic oxidation sites excluding steroid dienone is 13. The largest absolute Gasteiger partial charge is 0.756 e. The summed E-state index contributed by atoms with van der Waals surface area (Å²) in [6.07, 6.45) is 62.6. The summed E-state index contributed by atoms with van der Waals surface area (Å²) in [6.45, 7) is 6.64. The van der Waals surface area contributed by atoms with Crippen molar-refractivity contribution in [3.63, 3.8) is 0 Å². The van der Waals surface area contributed by atoms with Crippen molar-refractivity contribution in [2.45, 2.75) is 238 Å². The average molecular weight is 985 g/mol. The molecule has 1 N–H and O–H groups in total. The fourth-order valence-corrected chi connectivity index (χ4v) is 8.19. The summed E-state index contributed by atoms with van der Waals surface area (Å²) in [4.78, 5) is 39.7. The van der Waals surface area contributed by atoms with Crippen molar-refractivity contribution >= 4 is 19.7 Å². The Labute approximate surface area is 425 Å². The first-order chi connectivity index (χ1) is 33.4. The molecule has 0 fully saturated rings. The highest BCUT2D eigenvalue weighted by atomic mass is 31.2. The minimum Gasteiger partial charge on any atom is -0.756 e. The number of nitrogens with zero attached hydrogens (tertiary/aromatic N) is 1.